The van der Waals surface area contributed by atoms with Gasteiger partial charge in [0, 0.05) is 23.4 Å². The number of phenols is 1. The molecule has 1 saturated carbocycles. The molecule has 2 aromatic carbocycles. The molecule has 0 unspecified atom stereocenters. The normalized spacial score (nSPS) is 14.8. The van der Waals surface area contributed by atoms with E-state index >= 15 is 0 Å². The fraction of sp³-hybridized carbons (Fsp3) is 0.381. The fourth-order valence-corrected chi connectivity index (χ4v) is 3.52. The van der Waals surface area contributed by atoms with Gasteiger partial charge in [-0.2, -0.15) is 0 Å². The second-order valence-electron chi connectivity index (χ2n) is 6.65. The van der Waals surface area contributed by atoms with Crippen molar-refractivity contribution in [1.29, 1.82) is 0 Å². The van der Waals surface area contributed by atoms with Crippen LogP contribution in [0.4, 0.5) is 0 Å². The number of aryl methyl sites for hydroxylation is 2. The first-order chi connectivity index (χ1) is 12.6. The van der Waals surface area contributed by atoms with Crippen LogP contribution in [0.5, 0.6) is 5.75 Å². The first-order valence-electron chi connectivity index (χ1n) is 8.96. The summed E-state index contributed by atoms with van der Waals surface area (Å²) in [5.41, 5.74) is 5.20. The van der Waals surface area contributed by atoms with E-state index in [1.165, 1.54) is 43.2 Å². The van der Waals surface area contributed by atoms with Crippen molar-refractivity contribution in [3.8, 4) is 16.9 Å². The SMILES string of the molecule is Cc1cccc(C)c1-c1cccc(C=NC2CCCCC2)c1O.[Cl][Ti][Cl]. The van der Waals surface area contributed by atoms with Crippen LogP contribution in [0, 0.1) is 13.8 Å². The number of hydrogen-bond acceptors (Lipinski definition) is 2. The first kappa shape index (κ1) is 21.5. The summed E-state index contributed by atoms with van der Waals surface area (Å²) in [6, 6.07) is 12.6. The zero-order chi connectivity index (χ0) is 18.9. The van der Waals surface area contributed by atoms with Gasteiger partial charge in [0.1, 0.15) is 5.75 Å². The van der Waals surface area contributed by atoms with Crippen LogP contribution in [-0.2, 0) is 17.0 Å². The molecule has 0 aliphatic heterocycles. The van der Waals surface area contributed by atoms with Gasteiger partial charge >= 0.3 is 35.6 Å². The summed E-state index contributed by atoms with van der Waals surface area (Å²) in [4.78, 5) is 4.71. The van der Waals surface area contributed by atoms with Crippen molar-refractivity contribution in [2.75, 3.05) is 0 Å². The molecule has 0 amide bonds. The van der Waals surface area contributed by atoms with Crippen molar-refractivity contribution in [3.63, 3.8) is 0 Å². The quantitative estimate of drug-likeness (QED) is 0.425. The molecule has 138 valence electrons. The summed E-state index contributed by atoms with van der Waals surface area (Å²) < 4.78 is 0. The molecule has 0 aromatic heterocycles. The van der Waals surface area contributed by atoms with Gasteiger partial charge in [-0.15, -0.1) is 0 Å². The van der Waals surface area contributed by atoms with Gasteiger partial charge in [0.2, 0.25) is 0 Å². The third-order valence-electron chi connectivity index (χ3n) is 4.82. The average Bonchev–Trinajstić information content (AvgIpc) is 2.63. The molecule has 26 heavy (non-hydrogen) atoms. The molecule has 1 N–H and O–H groups in total. The zero-order valence-corrected chi connectivity index (χ0v) is 18.4. The standard InChI is InChI=1S/C21H25NO.2ClH.Ti/c1-15-8-6-9-16(2)20(15)19-13-7-10-17(21(19)23)14-22-18-11-4-3-5-12-18;;;/h6-10,13-14,18,23H,3-5,11-12H2,1-2H3;2*1H;/q;;;+2/p-2. The predicted molar refractivity (Wildman–Crippen MR) is 109 cm³/mol. The van der Waals surface area contributed by atoms with Crippen molar-refractivity contribution < 1.29 is 22.1 Å². The Morgan fingerprint density at radius 2 is 1.58 bits per heavy atom. The Bertz CT molecular complexity index is 723. The Morgan fingerprint density at radius 3 is 2.19 bits per heavy atom. The van der Waals surface area contributed by atoms with E-state index in [4.69, 9.17) is 23.6 Å². The van der Waals surface area contributed by atoms with Gasteiger partial charge < -0.3 is 5.11 Å². The first-order valence-corrected chi connectivity index (χ1v) is 13.3. The van der Waals surface area contributed by atoms with Crippen LogP contribution in [0.15, 0.2) is 41.4 Å². The van der Waals surface area contributed by atoms with E-state index in [1.54, 1.807) is 0 Å². The molecule has 1 aliphatic carbocycles. The summed E-state index contributed by atoms with van der Waals surface area (Å²) in [5.74, 6) is 0.337. The predicted octanol–water partition coefficient (Wildman–Crippen LogP) is 6.80. The molecule has 2 aromatic rings. The summed E-state index contributed by atoms with van der Waals surface area (Å²) in [5, 5.41) is 10.7. The monoisotopic (exact) mass is 425 g/mol. The molecule has 0 bridgehead atoms. The second-order valence-corrected chi connectivity index (χ2v) is 9.23. The van der Waals surface area contributed by atoms with Gasteiger partial charge in [0.15, 0.2) is 0 Å². The molecule has 0 saturated heterocycles. The third-order valence-corrected chi connectivity index (χ3v) is 4.82. The molecular formula is C21H25Cl2NOTi. The van der Waals surface area contributed by atoms with Crippen molar-refractivity contribution in [2.24, 2.45) is 4.99 Å². The number of halogens is 2. The minimum atomic E-state index is -0.556. The fourth-order valence-electron chi connectivity index (χ4n) is 3.52. The number of benzene rings is 2. The summed E-state index contributed by atoms with van der Waals surface area (Å²) >= 11 is -0.556. The van der Waals surface area contributed by atoms with Crippen LogP contribution in [-0.4, -0.2) is 17.4 Å². The van der Waals surface area contributed by atoms with Crippen LogP contribution >= 0.6 is 18.6 Å². The molecule has 0 heterocycles. The van der Waals surface area contributed by atoms with Crippen molar-refractivity contribution in [2.45, 2.75) is 52.0 Å². The number of hydrogen-bond donors (Lipinski definition) is 1. The number of aliphatic imine (C=N–C) groups is 1. The van der Waals surface area contributed by atoms with Gasteiger partial charge in [-0.05, 0) is 49.4 Å². The molecule has 5 heteroatoms. The molecule has 2 nitrogen and oxygen atoms in total. The van der Waals surface area contributed by atoms with E-state index in [0.29, 0.717) is 11.8 Å². The zero-order valence-electron chi connectivity index (χ0n) is 15.3. The third kappa shape index (κ3) is 5.85. The maximum absolute atomic E-state index is 10.7. The summed E-state index contributed by atoms with van der Waals surface area (Å²) in [7, 11) is 9.78. The van der Waals surface area contributed by atoms with Crippen LogP contribution in [0.25, 0.3) is 11.1 Å². The number of para-hydroxylation sites is 1. The van der Waals surface area contributed by atoms with Crippen LogP contribution in [0.3, 0.4) is 0 Å². The van der Waals surface area contributed by atoms with Crippen molar-refractivity contribution in [3.05, 3.63) is 53.1 Å². The number of aromatic hydroxyl groups is 1. The van der Waals surface area contributed by atoms with E-state index in [0.717, 1.165) is 16.7 Å². The van der Waals surface area contributed by atoms with E-state index in [2.05, 4.69) is 32.0 Å². The Labute approximate surface area is 173 Å². The van der Waals surface area contributed by atoms with Gasteiger partial charge in [-0.3, -0.25) is 4.99 Å². The molecule has 0 radical (unpaired) electrons. The van der Waals surface area contributed by atoms with Crippen molar-refractivity contribution in [1.82, 2.24) is 0 Å². The number of phenolic OH excluding ortho intramolecular Hbond substituents is 1. The van der Waals surface area contributed by atoms with Gasteiger partial charge in [0.25, 0.3) is 0 Å². The maximum atomic E-state index is 10.7. The minimum absolute atomic E-state index is 0.337. The Balaban J connectivity index is 0.000000758. The summed E-state index contributed by atoms with van der Waals surface area (Å²) in [6.07, 6.45) is 8.09. The molecule has 0 atom stereocenters. The van der Waals surface area contributed by atoms with Gasteiger partial charge in [-0.25, -0.2) is 0 Å². The van der Waals surface area contributed by atoms with Crippen LogP contribution in [0.1, 0.15) is 48.8 Å². The molecule has 0 spiro atoms. The van der Waals surface area contributed by atoms with Crippen LogP contribution < -0.4 is 0 Å². The number of rotatable bonds is 3. The molecular weight excluding hydrogens is 401 g/mol. The Hall–Kier alpha value is -0.796. The Kier molecular flexibility index (Phi) is 9.21. The molecule has 1 aliphatic rings. The van der Waals surface area contributed by atoms with E-state index < -0.39 is 17.0 Å². The van der Waals surface area contributed by atoms with E-state index in [9.17, 15) is 5.11 Å². The van der Waals surface area contributed by atoms with Gasteiger partial charge in [-0.1, -0.05) is 49.6 Å². The van der Waals surface area contributed by atoms with Crippen LogP contribution in [0.2, 0.25) is 0 Å². The van der Waals surface area contributed by atoms with E-state index in [1.807, 2.05) is 24.4 Å². The topological polar surface area (TPSA) is 32.6 Å². The van der Waals surface area contributed by atoms with Gasteiger partial charge in [0.05, 0.1) is 0 Å². The Morgan fingerprint density at radius 1 is 1.00 bits per heavy atom. The van der Waals surface area contributed by atoms with Crippen molar-refractivity contribution >= 4 is 24.8 Å². The summed E-state index contributed by atoms with van der Waals surface area (Å²) in [6.45, 7) is 4.18. The average molecular weight is 426 g/mol. The second kappa shape index (κ2) is 11.1. The molecule has 1 fully saturated rings. The number of nitrogens with zero attached hydrogens (tertiary/aromatic N) is 1. The van der Waals surface area contributed by atoms with E-state index in [-0.39, 0.29) is 0 Å². The molecule has 3 rings (SSSR count).